The second-order valence-corrected chi connectivity index (χ2v) is 6.59. The zero-order valence-electron chi connectivity index (χ0n) is 10.6. The number of primary amides is 1. The zero-order valence-corrected chi connectivity index (χ0v) is 12.2. The summed E-state index contributed by atoms with van der Waals surface area (Å²) >= 11 is 5.73. The summed E-state index contributed by atoms with van der Waals surface area (Å²) in [6.07, 6.45) is 0. The average molecular weight is 306 g/mol. The minimum absolute atomic E-state index is 0.0302. The third kappa shape index (κ3) is 3.59. The van der Waals surface area contributed by atoms with Gasteiger partial charge in [-0.25, -0.2) is 8.42 Å². The number of carbonyl (C=O) groups is 1. The van der Waals surface area contributed by atoms with E-state index in [1.54, 1.807) is 13.8 Å². The van der Waals surface area contributed by atoms with Gasteiger partial charge in [0.25, 0.3) is 0 Å². The minimum atomic E-state index is -3.89. The van der Waals surface area contributed by atoms with Gasteiger partial charge in [0.1, 0.15) is 4.90 Å². The second kappa shape index (κ2) is 5.77. The first kappa shape index (κ1) is 15.7. The summed E-state index contributed by atoms with van der Waals surface area (Å²) in [4.78, 5) is 10.9. The van der Waals surface area contributed by atoms with Gasteiger partial charge >= 0.3 is 0 Å². The normalized spacial score (nSPS) is 12.1. The highest BCUT2D eigenvalue weighted by atomic mass is 35.5. The van der Waals surface area contributed by atoms with Crippen molar-refractivity contribution in [3.8, 4) is 0 Å². The van der Waals surface area contributed by atoms with Crippen LogP contribution in [0.15, 0.2) is 23.1 Å². The molecule has 0 radical (unpaired) electrons. The number of hydrogen-bond donors (Lipinski definition) is 2. The van der Waals surface area contributed by atoms with Crippen LogP contribution in [0.5, 0.6) is 0 Å². The van der Waals surface area contributed by atoms with Crippen LogP contribution in [0.25, 0.3) is 0 Å². The Kier molecular flexibility index (Phi) is 4.78. The van der Waals surface area contributed by atoms with Crippen LogP contribution in [0, 0.1) is 0 Å². The molecule has 0 aliphatic carbocycles. The topological polar surface area (TPSA) is 106 Å². The van der Waals surface area contributed by atoms with Crippen LogP contribution < -0.4 is 11.5 Å². The molecule has 0 fully saturated rings. The van der Waals surface area contributed by atoms with Gasteiger partial charge in [0.15, 0.2) is 0 Å². The van der Waals surface area contributed by atoms with Crippen molar-refractivity contribution in [2.24, 2.45) is 5.73 Å². The molecule has 4 N–H and O–H groups in total. The van der Waals surface area contributed by atoms with Crippen LogP contribution in [-0.2, 0) is 14.8 Å². The standard InChI is InChI=1S/C11H16ClN3O3S/c1-7(2)15(6-11(14)16)19(17,18)10-4-3-8(12)5-9(10)13/h3-5,7H,6,13H2,1-2H3,(H2,14,16). The lowest BCUT2D eigenvalue weighted by Crippen LogP contribution is -2.42. The molecule has 19 heavy (non-hydrogen) atoms. The molecule has 0 saturated heterocycles. The molecule has 106 valence electrons. The fourth-order valence-corrected chi connectivity index (χ4v) is 3.46. The van der Waals surface area contributed by atoms with Crippen LogP contribution >= 0.6 is 11.6 Å². The first-order valence-electron chi connectivity index (χ1n) is 5.51. The van der Waals surface area contributed by atoms with E-state index in [0.717, 1.165) is 4.31 Å². The van der Waals surface area contributed by atoms with Crippen LogP contribution in [0.2, 0.25) is 5.02 Å². The Morgan fingerprint density at radius 1 is 1.42 bits per heavy atom. The fraction of sp³-hybridized carbons (Fsp3) is 0.364. The van der Waals surface area contributed by atoms with Crippen molar-refractivity contribution in [2.45, 2.75) is 24.8 Å². The summed E-state index contributed by atoms with van der Waals surface area (Å²) < 4.78 is 25.9. The van der Waals surface area contributed by atoms with E-state index < -0.39 is 28.5 Å². The second-order valence-electron chi connectivity index (χ2n) is 4.29. The van der Waals surface area contributed by atoms with Gasteiger partial charge in [0, 0.05) is 11.1 Å². The van der Waals surface area contributed by atoms with Crippen LogP contribution in [-0.4, -0.2) is 31.2 Å². The highest BCUT2D eigenvalue weighted by Crippen LogP contribution is 2.26. The van der Waals surface area contributed by atoms with E-state index in [9.17, 15) is 13.2 Å². The smallest absolute Gasteiger partial charge is 0.245 e. The number of nitrogen functional groups attached to an aromatic ring is 1. The van der Waals surface area contributed by atoms with Gasteiger partial charge in [-0.15, -0.1) is 0 Å². The number of anilines is 1. The molecule has 1 rings (SSSR count). The predicted octanol–water partition coefficient (Wildman–Crippen LogP) is 0.807. The summed E-state index contributed by atoms with van der Waals surface area (Å²) in [5.74, 6) is -0.732. The van der Waals surface area contributed by atoms with Gasteiger partial charge < -0.3 is 11.5 Å². The van der Waals surface area contributed by atoms with Crippen LogP contribution in [0.1, 0.15) is 13.8 Å². The molecule has 0 aliphatic rings. The van der Waals surface area contributed by atoms with Crippen molar-refractivity contribution in [3.05, 3.63) is 23.2 Å². The summed E-state index contributed by atoms with van der Waals surface area (Å²) in [6.45, 7) is 2.89. The number of halogens is 1. The quantitative estimate of drug-likeness (QED) is 0.785. The molecule has 0 unspecified atom stereocenters. The molecule has 6 nitrogen and oxygen atoms in total. The molecule has 0 bridgehead atoms. The number of rotatable bonds is 5. The summed E-state index contributed by atoms with van der Waals surface area (Å²) in [7, 11) is -3.89. The molecule has 1 aromatic rings. The van der Waals surface area contributed by atoms with Crippen molar-refractivity contribution in [2.75, 3.05) is 12.3 Å². The molecule has 1 amide bonds. The van der Waals surface area contributed by atoms with E-state index in [1.807, 2.05) is 0 Å². The summed E-state index contributed by atoms with van der Waals surface area (Å²) in [6, 6.07) is 3.65. The summed E-state index contributed by atoms with van der Waals surface area (Å²) in [5.41, 5.74) is 10.8. The lowest BCUT2D eigenvalue weighted by atomic mass is 10.3. The molecule has 0 aromatic heterocycles. The molecule has 0 spiro atoms. The van der Waals surface area contributed by atoms with E-state index in [0.29, 0.717) is 5.02 Å². The van der Waals surface area contributed by atoms with Crippen molar-refractivity contribution in [1.29, 1.82) is 0 Å². The SMILES string of the molecule is CC(C)N(CC(N)=O)S(=O)(=O)c1ccc(Cl)cc1N. The maximum Gasteiger partial charge on any atom is 0.245 e. The molecule has 0 atom stereocenters. The number of nitrogens with two attached hydrogens (primary N) is 2. The van der Waals surface area contributed by atoms with Gasteiger partial charge in [0.05, 0.1) is 12.2 Å². The molecule has 0 heterocycles. The van der Waals surface area contributed by atoms with E-state index in [-0.39, 0.29) is 10.6 Å². The lowest BCUT2D eigenvalue weighted by Gasteiger charge is -2.25. The van der Waals surface area contributed by atoms with Crippen LogP contribution in [0.4, 0.5) is 5.69 Å². The average Bonchev–Trinajstić information content (AvgIpc) is 2.24. The Labute approximate surface area is 117 Å². The number of carbonyl (C=O) groups excluding carboxylic acids is 1. The maximum absolute atomic E-state index is 12.4. The molecule has 0 aliphatic heterocycles. The number of nitrogens with zero attached hydrogens (tertiary/aromatic N) is 1. The van der Waals surface area contributed by atoms with Gasteiger partial charge in [-0.05, 0) is 32.0 Å². The van der Waals surface area contributed by atoms with Crippen molar-refractivity contribution >= 4 is 33.2 Å². The van der Waals surface area contributed by atoms with Gasteiger partial charge in [-0.3, -0.25) is 4.79 Å². The highest BCUT2D eigenvalue weighted by Gasteiger charge is 2.29. The van der Waals surface area contributed by atoms with Gasteiger partial charge in [-0.2, -0.15) is 4.31 Å². The Balaban J connectivity index is 3.30. The van der Waals surface area contributed by atoms with E-state index in [4.69, 9.17) is 23.1 Å². The number of sulfonamides is 1. The van der Waals surface area contributed by atoms with Gasteiger partial charge in [0.2, 0.25) is 15.9 Å². The maximum atomic E-state index is 12.4. The van der Waals surface area contributed by atoms with Crippen molar-refractivity contribution in [3.63, 3.8) is 0 Å². The Bertz CT molecular complexity index is 587. The minimum Gasteiger partial charge on any atom is -0.398 e. The monoisotopic (exact) mass is 305 g/mol. The Morgan fingerprint density at radius 3 is 2.42 bits per heavy atom. The van der Waals surface area contributed by atoms with E-state index >= 15 is 0 Å². The van der Waals surface area contributed by atoms with Crippen molar-refractivity contribution in [1.82, 2.24) is 4.31 Å². The fourth-order valence-electron chi connectivity index (χ4n) is 1.58. The first-order chi connectivity index (χ1) is 8.66. The van der Waals surface area contributed by atoms with E-state index in [1.165, 1.54) is 18.2 Å². The van der Waals surface area contributed by atoms with Crippen LogP contribution in [0.3, 0.4) is 0 Å². The first-order valence-corrected chi connectivity index (χ1v) is 7.33. The Hall–Kier alpha value is -1.31. The number of hydrogen-bond acceptors (Lipinski definition) is 4. The summed E-state index contributed by atoms with van der Waals surface area (Å²) in [5, 5.41) is 0.336. The van der Waals surface area contributed by atoms with Crippen molar-refractivity contribution < 1.29 is 13.2 Å². The predicted molar refractivity (Wildman–Crippen MR) is 74.1 cm³/mol. The molecular formula is C11H16ClN3O3S. The number of benzene rings is 1. The third-order valence-corrected chi connectivity index (χ3v) is 4.78. The lowest BCUT2D eigenvalue weighted by molar-refractivity contribution is -0.118. The highest BCUT2D eigenvalue weighted by molar-refractivity contribution is 7.89. The van der Waals surface area contributed by atoms with E-state index in [2.05, 4.69) is 0 Å². The molecular weight excluding hydrogens is 290 g/mol. The van der Waals surface area contributed by atoms with Gasteiger partial charge in [-0.1, -0.05) is 11.6 Å². The molecule has 0 saturated carbocycles. The number of amides is 1. The Morgan fingerprint density at radius 2 is 2.00 bits per heavy atom. The molecule has 8 heteroatoms. The largest absolute Gasteiger partial charge is 0.398 e. The third-order valence-electron chi connectivity index (χ3n) is 2.45. The molecule has 1 aromatic carbocycles. The zero-order chi connectivity index (χ0) is 14.8.